The van der Waals surface area contributed by atoms with Crippen LogP contribution in [0.25, 0.3) is 6.08 Å². The van der Waals surface area contributed by atoms with Crippen molar-refractivity contribution in [2.45, 2.75) is 13.5 Å². The molecule has 3 aromatic carbocycles. The molecular formula is C26H20Cl2N2O5. The maximum absolute atomic E-state index is 13.1. The minimum atomic E-state index is -0.818. The number of anilines is 1. The molecule has 1 heterocycles. The van der Waals surface area contributed by atoms with Crippen LogP contribution in [0.5, 0.6) is 11.5 Å². The fraction of sp³-hybridized carbons (Fsp3) is 0.115. The number of carbonyl (C=O) groups is 3. The molecule has 1 aliphatic heterocycles. The topological polar surface area (TPSA) is 84.9 Å². The number of nitrogens with zero attached hydrogens (tertiary/aromatic N) is 1. The minimum absolute atomic E-state index is 0.157. The number of amides is 4. The number of rotatable bonds is 6. The van der Waals surface area contributed by atoms with E-state index in [1.807, 2.05) is 31.2 Å². The lowest BCUT2D eigenvalue weighted by molar-refractivity contribution is -0.122. The Morgan fingerprint density at radius 2 is 1.74 bits per heavy atom. The largest absolute Gasteiger partial charge is 0.493 e. The summed E-state index contributed by atoms with van der Waals surface area (Å²) >= 11 is 12.6. The van der Waals surface area contributed by atoms with Gasteiger partial charge in [-0.15, -0.1) is 0 Å². The van der Waals surface area contributed by atoms with Crippen LogP contribution in [-0.4, -0.2) is 25.0 Å². The summed E-state index contributed by atoms with van der Waals surface area (Å²) in [5.74, 6) is -0.976. The standard InChI is InChI=1S/C26H20Cl2N2O5/c1-15-6-5-8-18(10-15)30-25(32)19(24(31)29-26(30)33)11-16-12-21(28)23(22(13-16)34-2)35-14-17-7-3-4-9-20(17)27/h3-13H,14H2,1-2H3,(H,29,31,33)/b19-11-. The zero-order valence-electron chi connectivity index (χ0n) is 18.8. The summed E-state index contributed by atoms with van der Waals surface area (Å²) in [5, 5.41) is 2.97. The van der Waals surface area contributed by atoms with Crippen molar-refractivity contribution in [3.05, 3.63) is 93.0 Å². The molecule has 3 aromatic rings. The Labute approximate surface area is 211 Å². The molecule has 0 spiro atoms. The summed E-state index contributed by atoms with van der Waals surface area (Å²) in [6, 6.07) is 16.4. The molecule has 0 radical (unpaired) electrons. The zero-order chi connectivity index (χ0) is 25.1. The van der Waals surface area contributed by atoms with E-state index in [4.69, 9.17) is 32.7 Å². The van der Waals surface area contributed by atoms with Gasteiger partial charge in [-0.3, -0.25) is 14.9 Å². The van der Waals surface area contributed by atoms with Crippen molar-refractivity contribution in [1.29, 1.82) is 0 Å². The van der Waals surface area contributed by atoms with Crippen molar-refractivity contribution in [3.63, 3.8) is 0 Å². The molecule has 0 aliphatic carbocycles. The van der Waals surface area contributed by atoms with Crippen molar-refractivity contribution in [3.8, 4) is 11.5 Å². The summed E-state index contributed by atoms with van der Waals surface area (Å²) in [4.78, 5) is 39.0. The van der Waals surface area contributed by atoms with Crippen LogP contribution < -0.4 is 19.7 Å². The lowest BCUT2D eigenvalue weighted by Crippen LogP contribution is -2.54. The Morgan fingerprint density at radius 3 is 2.46 bits per heavy atom. The SMILES string of the molecule is COc1cc(/C=C2/C(=O)NC(=O)N(c3cccc(C)c3)C2=O)cc(Cl)c1OCc1ccccc1Cl. The van der Waals surface area contributed by atoms with Crippen molar-refractivity contribution >= 4 is 52.8 Å². The predicted octanol–water partition coefficient (Wildman–Crippen LogP) is 5.56. The highest BCUT2D eigenvalue weighted by atomic mass is 35.5. The molecule has 4 rings (SSSR count). The molecule has 9 heteroatoms. The number of methoxy groups -OCH3 is 1. The molecule has 0 bridgehead atoms. The molecule has 1 fully saturated rings. The van der Waals surface area contributed by atoms with Gasteiger partial charge in [0, 0.05) is 10.6 Å². The van der Waals surface area contributed by atoms with Gasteiger partial charge in [0.15, 0.2) is 11.5 Å². The van der Waals surface area contributed by atoms with Crippen LogP contribution in [0.4, 0.5) is 10.5 Å². The van der Waals surface area contributed by atoms with Gasteiger partial charge in [-0.1, -0.05) is 53.5 Å². The van der Waals surface area contributed by atoms with E-state index in [1.54, 1.807) is 30.3 Å². The number of carbonyl (C=O) groups excluding carboxylic acids is 3. The predicted molar refractivity (Wildman–Crippen MR) is 134 cm³/mol. The average molecular weight is 511 g/mol. The summed E-state index contributed by atoms with van der Waals surface area (Å²) in [6.07, 6.45) is 1.35. The Bertz CT molecular complexity index is 1370. The third kappa shape index (κ3) is 5.16. The monoisotopic (exact) mass is 510 g/mol. The first-order chi connectivity index (χ1) is 16.8. The van der Waals surface area contributed by atoms with Crippen LogP contribution in [0.2, 0.25) is 10.0 Å². The molecule has 0 unspecified atom stereocenters. The number of benzene rings is 3. The lowest BCUT2D eigenvalue weighted by Gasteiger charge is -2.26. The highest BCUT2D eigenvalue weighted by Gasteiger charge is 2.36. The fourth-order valence-corrected chi connectivity index (χ4v) is 4.02. The minimum Gasteiger partial charge on any atom is -0.493 e. The van der Waals surface area contributed by atoms with Crippen molar-refractivity contribution < 1.29 is 23.9 Å². The Morgan fingerprint density at radius 1 is 0.971 bits per heavy atom. The quantitative estimate of drug-likeness (QED) is 0.346. The van der Waals surface area contributed by atoms with E-state index in [0.717, 1.165) is 16.0 Å². The van der Waals surface area contributed by atoms with Gasteiger partial charge >= 0.3 is 6.03 Å². The zero-order valence-corrected chi connectivity index (χ0v) is 20.3. The first-order valence-electron chi connectivity index (χ1n) is 10.5. The number of hydrogen-bond donors (Lipinski definition) is 1. The molecule has 7 nitrogen and oxygen atoms in total. The highest BCUT2D eigenvalue weighted by molar-refractivity contribution is 6.39. The smallest absolute Gasteiger partial charge is 0.335 e. The Balaban J connectivity index is 1.65. The van der Waals surface area contributed by atoms with Crippen LogP contribution in [0, 0.1) is 6.92 Å². The van der Waals surface area contributed by atoms with Crippen molar-refractivity contribution in [2.75, 3.05) is 12.0 Å². The van der Waals surface area contributed by atoms with E-state index in [-0.39, 0.29) is 23.0 Å². The van der Waals surface area contributed by atoms with Gasteiger partial charge < -0.3 is 9.47 Å². The van der Waals surface area contributed by atoms with Crippen molar-refractivity contribution in [2.24, 2.45) is 0 Å². The molecule has 1 saturated heterocycles. The molecule has 1 aliphatic rings. The summed E-state index contributed by atoms with van der Waals surface area (Å²) in [6.45, 7) is 1.99. The molecule has 4 amide bonds. The lowest BCUT2D eigenvalue weighted by atomic mass is 10.1. The summed E-state index contributed by atoms with van der Waals surface area (Å²) < 4.78 is 11.3. The van der Waals surface area contributed by atoms with Gasteiger partial charge in [0.05, 0.1) is 17.8 Å². The number of halogens is 2. The first-order valence-corrected chi connectivity index (χ1v) is 11.3. The van der Waals surface area contributed by atoms with Gasteiger partial charge in [0.2, 0.25) is 0 Å². The highest BCUT2D eigenvalue weighted by Crippen LogP contribution is 2.38. The third-order valence-corrected chi connectivity index (χ3v) is 5.90. The second kappa shape index (κ2) is 10.2. The second-order valence-electron chi connectivity index (χ2n) is 7.71. The summed E-state index contributed by atoms with van der Waals surface area (Å²) in [5.41, 5.74) is 2.16. The summed E-state index contributed by atoms with van der Waals surface area (Å²) in [7, 11) is 1.45. The van der Waals surface area contributed by atoms with E-state index in [1.165, 1.54) is 19.3 Å². The van der Waals surface area contributed by atoms with E-state index in [9.17, 15) is 14.4 Å². The van der Waals surface area contributed by atoms with Crippen LogP contribution in [0.3, 0.4) is 0 Å². The van der Waals surface area contributed by atoms with Crippen LogP contribution in [-0.2, 0) is 16.2 Å². The third-order valence-electron chi connectivity index (χ3n) is 5.25. The van der Waals surface area contributed by atoms with Gasteiger partial charge in [-0.25, -0.2) is 9.69 Å². The number of ether oxygens (including phenoxy) is 2. The Hall–Kier alpha value is -3.81. The van der Waals surface area contributed by atoms with Gasteiger partial charge in [-0.2, -0.15) is 0 Å². The van der Waals surface area contributed by atoms with Gasteiger partial charge in [0.1, 0.15) is 12.2 Å². The number of imide groups is 2. The molecule has 0 aromatic heterocycles. The molecule has 0 saturated carbocycles. The molecule has 0 atom stereocenters. The number of aryl methyl sites for hydroxylation is 1. The van der Waals surface area contributed by atoms with E-state index in [0.29, 0.717) is 22.0 Å². The number of hydrogen-bond acceptors (Lipinski definition) is 5. The number of nitrogens with one attached hydrogen (secondary N) is 1. The van der Waals surface area contributed by atoms with E-state index >= 15 is 0 Å². The van der Waals surface area contributed by atoms with Crippen LogP contribution in [0.1, 0.15) is 16.7 Å². The maximum atomic E-state index is 13.1. The second-order valence-corrected chi connectivity index (χ2v) is 8.53. The van der Waals surface area contributed by atoms with Crippen LogP contribution >= 0.6 is 23.2 Å². The molecule has 35 heavy (non-hydrogen) atoms. The first kappa shape index (κ1) is 24.3. The van der Waals surface area contributed by atoms with E-state index in [2.05, 4.69) is 5.32 Å². The normalized spacial score (nSPS) is 14.8. The Kier molecular flexibility index (Phi) is 7.10. The van der Waals surface area contributed by atoms with Gasteiger partial charge in [-0.05, 0) is 54.5 Å². The molecule has 1 N–H and O–H groups in total. The number of barbiturate groups is 1. The molecular weight excluding hydrogens is 491 g/mol. The maximum Gasteiger partial charge on any atom is 0.335 e. The molecule has 178 valence electrons. The van der Waals surface area contributed by atoms with Gasteiger partial charge in [0.25, 0.3) is 11.8 Å². The van der Waals surface area contributed by atoms with E-state index < -0.39 is 17.8 Å². The average Bonchev–Trinajstić information content (AvgIpc) is 2.81. The fourth-order valence-electron chi connectivity index (χ4n) is 3.55. The van der Waals surface area contributed by atoms with Crippen LogP contribution in [0.15, 0.2) is 66.2 Å². The number of urea groups is 1. The van der Waals surface area contributed by atoms with Crippen molar-refractivity contribution in [1.82, 2.24) is 5.32 Å².